The molecule has 0 nitrogen and oxygen atoms in total. The zero-order valence-electron chi connectivity index (χ0n) is 14.7. The maximum absolute atomic E-state index is 4.82. The summed E-state index contributed by atoms with van der Waals surface area (Å²) in [5.41, 5.74) is 5.38. The number of hydrogen-bond acceptors (Lipinski definition) is 2. The third-order valence-electron chi connectivity index (χ3n) is 4.98. The first kappa shape index (κ1) is 18.7. The Bertz CT molecular complexity index is 575. The molecule has 2 atom stereocenters. The van der Waals surface area contributed by atoms with Crippen molar-refractivity contribution < 1.29 is 0 Å². The largest absolute Gasteiger partial charge is 0.143 e. The van der Waals surface area contributed by atoms with E-state index in [0.29, 0.717) is 11.8 Å². The summed E-state index contributed by atoms with van der Waals surface area (Å²) in [6.07, 6.45) is 9.67. The quantitative estimate of drug-likeness (QED) is 0.309. The molecule has 1 aromatic rings. The van der Waals surface area contributed by atoms with Crippen LogP contribution >= 0.6 is 25.3 Å². The molecular weight excluding hydrogens is 316 g/mol. The van der Waals surface area contributed by atoms with E-state index in [9.17, 15) is 0 Å². The van der Waals surface area contributed by atoms with Gasteiger partial charge in [-0.1, -0.05) is 43.6 Å². The lowest BCUT2D eigenvalue weighted by Gasteiger charge is -2.32. The molecule has 23 heavy (non-hydrogen) atoms. The zero-order valence-corrected chi connectivity index (χ0v) is 16.5. The second kappa shape index (κ2) is 8.48. The molecule has 1 aliphatic carbocycles. The van der Waals surface area contributed by atoms with E-state index < -0.39 is 0 Å². The number of aryl methyl sites for hydroxylation is 1. The molecule has 1 aliphatic rings. The van der Waals surface area contributed by atoms with Gasteiger partial charge in [-0.3, -0.25) is 0 Å². The Morgan fingerprint density at radius 3 is 2.43 bits per heavy atom. The Morgan fingerprint density at radius 1 is 1.22 bits per heavy atom. The highest BCUT2D eigenvalue weighted by atomic mass is 32.1. The summed E-state index contributed by atoms with van der Waals surface area (Å²) in [6, 6.07) is 4.50. The molecule has 0 aromatic heterocycles. The summed E-state index contributed by atoms with van der Waals surface area (Å²) >= 11 is 9.65. The minimum atomic E-state index is 0.367. The van der Waals surface area contributed by atoms with Gasteiger partial charge in [-0.25, -0.2) is 0 Å². The predicted molar refractivity (Wildman–Crippen MR) is 108 cm³/mol. The first-order chi connectivity index (χ1) is 10.9. The molecule has 0 unspecified atom stereocenters. The van der Waals surface area contributed by atoms with Gasteiger partial charge in [0, 0.05) is 15.7 Å². The van der Waals surface area contributed by atoms with E-state index in [1.54, 1.807) is 0 Å². The maximum atomic E-state index is 4.82. The van der Waals surface area contributed by atoms with Gasteiger partial charge < -0.3 is 0 Å². The standard InChI is InChI=1S/C21H30S2/c1-5-6-7-8-16-12-19(22)21(20(23)13-16)18-11-15(4)9-10-17(18)14(2)3/h11-13,17-18,22-23H,2,5-10H2,1,3-4H3/t17-,18+/m0/s1. The summed E-state index contributed by atoms with van der Waals surface area (Å²) in [6.45, 7) is 10.9. The van der Waals surface area contributed by atoms with Crippen molar-refractivity contribution >= 4 is 25.3 Å². The Hall–Kier alpha value is -0.600. The minimum Gasteiger partial charge on any atom is -0.143 e. The van der Waals surface area contributed by atoms with Crippen LogP contribution in [0.25, 0.3) is 0 Å². The second-order valence-electron chi connectivity index (χ2n) is 7.04. The number of rotatable bonds is 6. The number of unbranched alkanes of at least 4 members (excludes halogenated alkanes) is 2. The number of allylic oxidation sites excluding steroid dienone is 3. The van der Waals surface area contributed by atoms with E-state index in [-0.39, 0.29) is 0 Å². The van der Waals surface area contributed by atoms with Gasteiger partial charge in [0.25, 0.3) is 0 Å². The average Bonchev–Trinajstić information content (AvgIpc) is 2.46. The van der Waals surface area contributed by atoms with Crippen molar-refractivity contribution in [3.05, 3.63) is 47.1 Å². The van der Waals surface area contributed by atoms with Crippen molar-refractivity contribution in [1.29, 1.82) is 0 Å². The summed E-state index contributed by atoms with van der Waals surface area (Å²) in [5, 5.41) is 0. The van der Waals surface area contributed by atoms with Crippen LogP contribution in [-0.4, -0.2) is 0 Å². The van der Waals surface area contributed by atoms with Crippen LogP contribution in [0.2, 0.25) is 0 Å². The fourth-order valence-electron chi connectivity index (χ4n) is 3.65. The molecule has 1 aromatic carbocycles. The Labute approximate surface area is 153 Å². The fraction of sp³-hybridized carbons (Fsp3) is 0.524. The number of benzene rings is 1. The van der Waals surface area contributed by atoms with Crippen LogP contribution in [0, 0.1) is 5.92 Å². The maximum Gasteiger partial charge on any atom is 0.0108 e. The summed E-state index contributed by atoms with van der Waals surface area (Å²) < 4.78 is 0. The molecule has 126 valence electrons. The molecule has 0 radical (unpaired) electrons. The second-order valence-corrected chi connectivity index (χ2v) is 8.00. The topological polar surface area (TPSA) is 0 Å². The van der Waals surface area contributed by atoms with Crippen LogP contribution in [0.3, 0.4) is 0 Å². The highest BCUT2D eigenvalue weighted by Gasteiger charge is 2.28. The van der Waals surface area contributed by atoms with Crippen molar-refractivity contribution in [2.75, 3.05) is 0 Å². The average molecular weight is 347 g/mol. The Balaban J connectivity index is 2.34. The van der Waals surface area contributed by atoms with Gasteiger partial charge in [-0.15, -0.1) is 25.3 Å². The number of thiol groups is 2. The van der Waals surface area contributed by atoms with Gasteiger partial charge in [0.05, 0.1) is 0 Å². The molecule has 0 spiro atoms. The smallest absolute Gasteiger partial charge is 0.0108 e. The molecule has 0 N–H and O–H groups in total. The monoisotopic (exact) mass is 346 g/mol. The normalized spacial score (nSPS) is 21.2. The van der Waals surface area contributed by atoms with Gasteiger partial charge in [0.1, 0.15) is 0 Å². The van der Waals surface area contributed by atoms with E-state index >= 15 is 0 Å². The minimum absolute atomic E-state index is 0.367. The van der Waals surface area contributed by atoms with Crippen molar-refractivity contribution in [3.8, 4) is 0 Å². The SMILES string of the molecule is C=C(C)[C@@H]1CCC(C)=C[C@H]1c1c(S)cc(CCCCC)cc1S. The van der Waals surface area contributed by atoms with Crippen molar-refractivity contribution in [3.63, 3.8) is 0 Å². The van der Waals surface area contributed by atoms with Crippen molar-refractivity contribution in [2.45, 2.75) is 75.0 Å². The van der Waals surface area contributed by atoms with Gasteiger partial charge in [0.2, 0.25) is 0 Å². The lowest BCUT2D eigenvalue weighted by Crippen LogP contribution is -2.18. The Kier molecular flexibility index (Phi) is 6.91. The summed E-state index contributed by atoms with van der Waals surface area (Å²) in [4.78, 5) is 2.18. The van der Waals surface area contributed by atoms with Crippen LogP contribution in [0.5, 0.6) is 0 Å². The predicted octanol–water partition coefficient (Wildman–Crippen LogP) is 7.01. The summed E-state index contributed by atoms with van der Waals surface area (Å²) in [7, 11) is 0. The third-order valence-corrected chi connectivity index (χ3v) is 5.72. The van der Waals surface area contributed by atoms with Crippen LogP contribution < -0.4 is 0 Å². The molecule has 2 rings (SSSR count). The molecule has 0 bridgehead atoms. The van der Waals surface area contributed by atoms with Crippen molar-refractivity contribution in [1.82, 2.24) is 0 Å². The lowest BCUT2D eigenvalue weighted by molar-refractivity contribution is 0.474. The van der Waals surface area contributed by atoms with E-state index in [4.69, 9.17) is 25.3 Å². The number of hydrogen-bond donors (Lipinski definition) is 2. The molecule has 0 amide bonds. The molecule has 0 heterocycles. The van der Waals surface area contributed by atoms with E-state index in [0.717, 1.165) is 16.2 Å². The first-order valence-electron chi connectivity index (χ1n) is 8.81. The molecule has 0 saturated heterocycles. The summed E-state index contributed by atoms with van der Waals surface area (Å²) in [5.74, 6) is 0.868. The highest BCUT2D eigenvalue weighted by Crippen LogP contribution is 2.44. The van der Waals surface area contributed by atoms with Crippen LogP contribution in [0.15, 0.2) is 45.7 Å². The third kappa shape index (κ3) is 4.70. The molecule has 0 fully saturated rings. The van der Waals surface area contributed by atoms with Gasteiger partial charge in [-0.2, -0.15) is 0 Å². The Morgan fingerprint density at radius 2 is 1.87 bits per heavy atom. The molecular formula is C21H30S2. The lowest BCUT2D eigenvalue weighted by atomic mass is 9.74. The highest BCUT2D eigenvalue weighted by molar-refractivity contribution is 7.81. The molecule has 2 heteroatoms. The van der Waals surface area contributed by atoms with E-state index in [2.05, 4.69) is 45.6 Å². The van der Waals surface area contributed by atoms with Crippen LogP contribution in [0.4, 0.5) is 0 Å². The van der Waals surface area contributed by atoms with Gasteiger partial charge in [-0.05, 0) is 68.7 Å². The van der Waals surface area contributed by atoms with Crippen LogP contribution in [-0.2, 0) is 6.42 Å². The molecule has 0 aliphatic heterocycles. The first-order valence-corrected chi connectivity index (χ1v) is 9.71. The van der Waals surface area contributed by atoms with Gasteiger partial charge >= 0.3 is 0 Å². The van der Waals surface area contributed by atoms with Crippen LogP contribution in [0.1, 0.15) is 69.9 Å². The zero-order chi connectivity index (χ0) is 17.0. The molecule has 0 saturated carbocycles. The van der Waals surface area contributed by atoms with Crippen molar-refractivity contribution in [2.24, 2.45) is 5.92 Å². The van der Waals surface area contributed by atoms with E-state index in [1.165, 1.54) is 54.4 Å². The van der Waals surface area contributed by atoms with E-state index in [1.807, 2.05) is 0 Å². The van der Waals surface area contributed by atoms with Gasteiger partial charge in [0.15, 0.2) is 0 Å². The fourth-order valence-corrected chi connectivity index (χ4v) is 4.61.